The summed E-state index contributed by atoms with van der Waals surface area (Å²) in [4.78, 5) is 22.5. The highest BCUT2D eigenvalue weighted by molar-refractivity contribution is 5.92. The zero-order valence-corrected chi connectivity index (χ0v) is 11.6. The minimum atomic E-state index is -0.175. The van der Waals surface area contributed by atoms with Gasteiger partial charge < -0.3 is 10.4 Å². The van der Waals surface area contributed by atoms with Gasteiger partial charge in [0.05, 0.1) is 6.61 Å². The van der Waals surface area contributed by atoms with Crippen molar-refractivity contribution in [2.75, 3.05) is 20.2 Å². The van der Waals surface area contributed by atoms with Crippen molar-refractivity contribution in [1.82, 2.24) is 20.2 Å². The van der Waals surface area contributed by atoms with Crippen LogP contribution in [0.15, 0.2) is 6.07 Å². The van der Waals surface area contributed by atoms with Gasteiger partial charge in [-0.15, -0.1) is 0 Å². The number of aryl methyl sites for hydroxylation is 2. The Morgan fingerprint density at radius 3 is 2.84 bits per heavy atom. The van der Waals surface area contributed by atoms with E-state index in [0.29, 0.717) is 11.5 Å². The van der Waals surface area contributed by atoms with E-state index in [1.54, 1.807) is 13.0 Å². The Bertz CT molecular complexity index is 457. The van der Waals surface area contributed by atoms with Crippen LogP contribution in [0.5, 0.6) is 0 Å². The van der Waals surface area contributed by atoms with Gasteiger partial charge in [-0.1, -0.05) is 0 Å². The van der Waals surface area contributed by atoms with Crippen molar-refractivity contribution in [2.24, 2.45) is 0 Å². The van der Waals surface area contributed by atoms with Crippen molar-refractivity contribution >= 4 is 5.91 Å². The Hall–Kier alpha value is -1.53. The SMILES string of the molecule is Cc1cc(C(=O)N[C@@H]2C[C@@H](CO)N(C)C2)nc(C)n1. The largest absolute Gasteiger partial charge is 0.395 e. The van der Waals surface area contributed by atoms with Crippen molar-refractivity contribution < 1.29 is 9.90 Å². The molecule has 0 aromatic carbocycles. The molecule has 2 heterocycles. The molecule has 1 saturated heterocycles. The smallest absolute Gasteiger partial charge is 0.270 e. The van der Waals surface area contributed by atoms with Crippen LogP contribution in [0.1, 0.15) is 28.4 Å². The first kappa shape index (κ1) is 13.9. The summed E-state index contributed by atoms with van der Waals surface area (Å²) >= 11 is 0. The fourth-order valence-corrected chi connectivity index (χ4v) is 2.49. The Balaban J connectivity index is 2.02. The fraction of sp³-hybridized carbons (Fsp3) is 0.615. The molecular formula is C13H20N4O2. The maximum absolute atomic E-state index is 12.1. The van der Waals surface area contributed by atoms with Crippen LogP contribution in [0, 0.1) is 13.8 Å². The van der Waals surface area contributed by atoms with E-state index in [1.165, 1.54) is 0 Å². The van der Waals surface area contributed by atoms with E-state index in [-0.39, 0.29) is 24.6 Å². The lowest BCUT2D eigenvalue weighted by atomic mass is 10.1. The number of nitrogens with zero attached hydrogens (tertiary/aromatic N) is 3. The van der Waals surface area contributed by atoms with Gasteiger partial charge in [0.1, 0.15) is 11.5 Å². The van der Waals surface area contributed by atoms with Crippen molar-refractivity contribution in [2.45, 2.75) is 32.4 Å². The normalized spacial score (nSPS) is 23.6. The van der Waals surface area contributed by atoms with Crippen LogP contribution in [0.4, 0.5) is 0 Å². The molecule has 1 fully saturated rings. The number of nitrogens with one attached hydrogen (secondary N) is 1. The summed E-state index contributed by atoms with van der Waals surface area (Å²) in [6.45, 7) is 4.49. The number of carbonyl (C=O) groups excluding carboxylic acids is 1. The summed E-state index contributed by atoms with van der Waals surface area (Å²) in [7, 11) is 1.95. The number of hydrogen-bond acceptors (Lipinski definition) is 5. The molecule has 0 spiro atoms. The average Bonchev–Trinajstić information content (AvgIpc) is 2.68. The average molecular weight is 264 g/mol. The topological polar surface area (TPSA) is 78.4 Å². The molecule has 1 aromatic heterocycles. The van der Waals surface area contributed by atoms with Crippen LogP contribution >= 0.6 is 0 Å². The van der Waals surface area contributed by atoms with Crippen molar-refractivity contribution in [3.63, 3.8) is 0 Å². The van der Waals surface area contributed by atoms with Crippen molar-refractivity contribution in [3.8, 4) is 0 Å². The summed E-state index contributed by atoms with van der Waals surface area (Å²) in [6, 6.07) is 1.87. The van der Waals surface area contributed by atoms with E-state index >= 15 is 0 Å². The number of rotatable bonds is 3. The summed E-state index contributed by atoms with van der Waals surface area (Å²) in [5.74, 6) is 0.424. The van der Waals surface area contributed by atoms with Gasteiger partial charge in [0.25, 0.3) is 5.91 Å². The van der Waals surface area contributed by atoms with Crippen LogP contribution in [0.25, 0.3) is 0 Å². The van der Waals surface area contributed by atoms with Gasteiger partial charge in [-0.05, 0) is 33.4 Å². The number of likely N-dealkylation sites (tertiary alicyclic amines) is 1. The predicted molar refractivity (Wildman–Crippen MR) is 70.9 cm³/mol. The molecule has 1 aliphatic rings. The summed E-state index contributed by atoms with van der Waals surface area (Å²) in [5, 5.41) is 12.2. The van der Waals surface area contributed by atoms with E-state index in [9.17, 15) is 9.90 Å². The standard InChI is InChI=1S/C13H20N4O2/c1-8-4-12(15-9(2)14-8)13(19)16-10-5-11(7-18)17(3)6-10/h4,10-11,18H,5-7H2,1-3H3,(H,16,19)/t10-,11+/m1/s1. The molecule has 6 heteroatoms. The third kappa shape index (κ3) is 3.27. The predicted octanol–water partition coefficient (Wildman–Crippen LogP) is -0.112. The van der Waals surface area contributed by atoms with Gasteiger partial charge in [-0.25, -0.2) is 9.97 Å². The molecule has 0 saturated carbocycles. The number of aromatic nitrogens is 2. The first-order valence-electron chi connectivity index (χ1n) is 6.44. The molecule has 1 amide bonds. The molecule has 2 N–H and O–H groups in total. The second-order valence-corrected chi connectivity index (χ2v) is 5.12. The van der Waals surface area contributed by atoms with Crippen LogP contribution in [0.2, 0.25) is 0 Å². The van der Waals surface area contributed by atoms with E-state index in [2.05, 4.69) is 20.2 Å². The van der Waals surface area contributed by atoms with E-state index in [1.807, 2.05) is 14.0 Å². The first-order valence-corrected chi connectivity index (χ1v) is 6.44. The number of aliphatic hydroxyl groups excluding tert-OH is 1. The first-order chi connectivity index (χ1) is 8.99. The summed E-state index contributed by atoms with van der Waals surface area (Å²) in [5.41, 5.74) is 1.19. The lowest BCUT2D eigenvalue weighted by Gasteiger charge is -2.15. The van der Waals surface area contributed by atoms with E-state index in [4.69, 9.17) is 0 Å². The molecule has 2 atom stereocenters. The zero-order valence-electron chi connectivity index (χ0n) is 11.6. The van der Waals surface area contributed by atoms with Gasteiger partial charge in [-0.2, -0.15) is 0 Å². The highest BCUT2D eigenvalue weighted by atomic mass is 16.3. The van der Waals surface area contributed by atoms with Gasteiger partial charge in [0.15, 0.2) is 0 Å². The van der Waals surface area contributed by atoms with Gasteiger partial charge in [-0.3, -0.25) is 9.69 Å². The molecule has 19 heavy (non-hydrogen) atoms. The molecule has 6 nitrogen and oxygen atoms in total. The van der Waals surface area contributed by atoms with E-state index < -0.39 is 0 Å². The fourth-order valence-electron chi connectivity index (χ4n) is 2.49. The third-order valence-electron chi connectivity index (χ3n) is 3.43. The molecule has 0 aliphatic carbocycles. The van der Waals surface area contributed by atoms with Gasteiger partial charge in [0.2, 0.25) is 0 Å². The highest BCUT2D eigenvalue weighted by Crippen LogP contribution is 2.15. The Morgan fingerprint density at radius 1 is 1.53 bits per heavy atom. The Kier molecular flexibility index (Phi) is 4.11. The number of carbonyl (C=O) groups is 1. The second-order valence-electron chi connectivity index (χ2n) is 5.12. The van der Waals surface area contributed by atoms with Crippen molar-refractivity contribution in [1.29, 1.82) is 0 Å². The monoisotopic (exact) mass is 264 g/mol. The minimum Gasteiger partial charge on any atom is -0.395 e. The molecule has 104 valence electrons. The highest BCUT2D eigenvalue weighted by Gasteiger charge is 2.30. The molecule has 2 rings (SSSR count). The number of amides is 1. The molecule has 1 aromatic rings. The second kappa shape index (κ2) is 5.63. The molecule has 0 unspecified atom stereocenters. The quantitative estimate of drug-likeness (QED) is 0.796. The molecule has 1 aliphatic heterocycles. The lowest BCUT2D eigenvalue weighted by Crippen LogP contribution is -2.37. The third-order valence-corrected chi connectivity index (χ3v) is 3.43. The number of likely N-dealkylation sites (N-methyl/N-ethyl adjacent to an activating group) is 1. The zero-order chi connectivity index (χ0) is 14.0. The van der Waals surface area contributed by atoms with E-state index in [0.717, 1.165) is 18.7 Å². The Morgan fingerprint density at radius 2 is 2.26 bits per heavy atom. The molecular weight excluding hydrogens is 244 g/mol. The van der Waals surface area contributed by atoms with Crippen molar-refractivity contribution in [3.05, 3.63) is 23.3 Å². The molecule has 0 bridgehead atoms. The van der Waals surface area contributed by atoms with Crippen LogP contribution in [-0.4, -0.2) is 58.2 Å². The lowest BCUT2D eigenvalue weighted by molar-refractivity contribution is 0.0932. The van der Waals surface area contributed by atoms with Gasteiger partial charge in [0, 0.05) is 24.3 Å². The van der Waals surface area contributed by atoms with Crippen LogP contribution < -0.4 is 5.32 Å². The summed E-state index contributed by atoms with van der Waals surface area (Å²) < 4.78 is 0. The number of hydrogen-bond donors (Lipinski definition) is 2. The minimum absolute atomic E-state index is 0.0604. The number of aliphatic hydroxyl groups is 1. The van der Waals surface area contributed by atoms with Gasteiger partial charge >= 0.3 is 0 Å². The van der Waals surface area contributed by atoms with Crippen LogP contribution in [-0.2, 0) is 0 Å². The summed E-state index contributed by atoms with van der Waals surface area (Å²) in [6.07, 6.45) is 0.766. The maximum Gasteiger partial charge on any atom is 0.270 e. The molecule has 0 radical (unpaired) electrons. The van der Waals surface area contributed by atoms with Crippen LogP contribution in [0.3, 0.4) is 0 Å². The Labute approximate surface area is 112 Å². The maximum atomic E-state index is 12.1.